The van der Waals surface area contributed by atoms with Gasteiger partial charge in [0.25, 0.3) is 0 Å². The fourth-order valence-corrected chi connectivity index (χ4v) is 3.54. The Labute approximate surface area is 311 Å². The molecule has 0 heterocycles. The fourth-order valence-electron chi connectivity index (χ4n) is 3.54. The van der Waals surface area contributed by atoms with Gasteiger partial charge in [-0.25, -0.2) is 0 Å². The molecule has 0 aromatic heterocycles. The maximum absolute atomic E-state index is 11.5. The number of ether oxygens (including phenoxy) is 15. The van der Waals surface area contributed by atoms with E-state index in [1.807, 2.05) is 13.8 Å². The highest BCUT2D eigenvalue weighted by atomic mass is 16.6. The van der Waals surface area contributed by atoms with Crippen LogP contribution in [-0.2, 0) is 75.8 Å². The van der Waals surface area contributed by atoms with E-state index in [1.165, 1.54) is 0 Å². The minimum atomic E-state index is -0.187. The van der Waals surface area contributed by atoms with Crippen molar-refractivity contribution in [3.8, 4) is 0 Å². The zero-order valence-corrected chi connectivity index (χ0v) is 32.0. The van der Waals surface area contributed by atoms with E-state index < -0.39 is 0 Å². The molecule has 0 radical (unpaired) electrons. The van der Waals surface area contributed by atoms with Crippen LogP contribution < -0.4 is 0 Å². The van der Waals surface area contributed by atoms with E-state index in [0.717, 1.165) is 6.42 Å². The average Bonchev–Trinajstić information content (AvgIpc) is 3.16. The quantitative estimate of drug-likeness (QED) is 0.0680. The summed E-state index contributed by atoms with van der Waals surface area (Å²) in [5.41, 5.74) is 0. The normalized spacial score (nSPS) is 12.1. The number of carbonyl (C=O) groups is 1. The molecule has 0 saturated carbocycles. The summed E-state index contributed by atoms with van der Waals surface area (Å²) in [7, 11) is 0. The molecule has 0 aliphatic carbocycles. The van der Waals surface area contributed by atoms with Gasteiger partial charge < -0.3 is 76.2 Å². The highest BCUT2D eigenvalue weighted by molar-refractivity contribution is 5.71. The van der Waals surface area contributed by atoms with Crippen molar-refractivity contribution in [1.29, 1.82) is 0 Å². The third-order valence-corrected chi connectivity index (χ3v) is 6.56. The molecule has 0 rings (SSSR count). The summed E-state index contributed by atoms with van der Waals surface area (Å²) < 4.78 is 80.9. The van der Waals surface area contributed by atoms with Crippen molar-refractivity contribution in [1.82, 2.24) is 0 Å². The van der Waals surface area contributed by atoms with Crippen molar-refractivity contribution in [2.24, 2.45) is 5.92 Å². The van der Waals surface area contributed by atoms with E-state index in [9.17, 15) is 4.79 Å². The Bertz CT molecular complexity index is 679. The third kappa shape index (κ3) is 43.3. The number of carbonyl (C=O) groups excluding carboxylic acids is 1. The minimum Gasteiger partial charge on any atom is -0.463 e. The predicted molar refractivity (Wildman–Crippen MR) is 189 cm³/mol. The molecule has 52 heavy (non-hydrogen) atoms. The zero-order chi connectivity index (χ0) is 37.7. The standard InChI is InChI=1S/C35H70O17/c1-3-34(2)35(37)52-33-32-51-31-30-50-29-28-49-27-26-48-25-24-47-23-22-46-21-20-45-19-18-44-17-16-43-15-14-42-13-12-41-11-10-40-9-8-39-7-6-38-5-4-36/h34,36H,3-33H2,1-2H3. The molecule has 0 amide bonds. The van der Waals surface area contributed by atoms with Crippen LogP contribution in [0, 0.1) is 5.92 Å². The number of rotatable bonds is 46. The summed E-state index contributed by atoms with van der Waals surface area (Å²) in [4.78, 5) is 11.5. The Morgan fingerprint density at radius 1 is 0.346 bits per heavy atom. The smallest absolute Gasteiger partial charge is 0.308 e. The third-order valence-electron chi connectivity index (χ3n) is 6.56. The van der Waals surface area contributed by atoms with Crippen LogP contribution in [0.3, 0.4) is 0 Å². The predicted octanol–water partition coefficient (Wildman–Crippen LogP) is 0.800. The second-order valence-electron chi connectivity index (χ2n) is 10.8. The molecular weight excluding hydrogens is 692 g/mol. The Morgan fingerprint density at radius 2 is 0.519 bits per heavy atom. The van der Waals surface area contributed by atoms with Gasteiger partial charge in [0.15, 0.2) is 0 Å². The van der Waals surface area contributed by atoms with Gasteiger partial charge in [0.05, 0.1) is 198 Å². The Balaban J connectivity index is 3.08. The van der Waals surface area contributed by atoms with E-state index in [4.69, 9.17) is 76.2 Å². The lowest BCUT2D eigenvalue weighted by molar-refractivity contribution is -0.149. The van der Waals surface area contributed by atoms with E-state index in [0.29, 0.717) is 185 Å². The second-order valence-corrected chi connectivity index (χ2v) is 10.8. The van der Waals surface area contributed by atoms with Gasteiger partial charge >= 0.3 is 5.97 Å². The van der Waals surface area contributed by atoms with E-state index in [1.54, 1.807) is 0 Å². The van der Waals surface area contributed by atoms with Crippen molar-refractivity contribution in [2.45, 2.75) is 20.3 Å². The minimum absolute atomic E-state index is 0.0209. The fraction of sp³-hybridized carbons (Fsp3) is 0.971. The highest BCUT2D eigenvalue weighted by Gasteiger charge is 2.11. The largest absolute Gasteiger partial charge is 0.463 e. The molecule has 1 N–H and O–H groups in total. The van der Waals surface area contributed by atoms with Gasteiger partial charge in [-0.05, 0) is 6.42 Å². The molecule has 0 saturated heterocycles. The first-order valence-electron chi connectivity index (χ1n) is 18.6. The summed E-state index contributed by atoms with van der Waals surface area (Å²) >= 11 is 0. The molecule has 0 aromatic carbocycles. The second kappa shape index (κ2) is 46.0. The summed E-state index contributed by atoms with van der Waals surface area (Å²) in [6, 6.07) is 0. The summed E-state index contributed by atoms with van der Waals surface area (Å²) in [5, 5.41) is 8.58. The summed E-state index contributed by atoms with van der Waals surface area (Å²) in [6.45, 7) is 17.4. The average molecular weight is 763 g/mol. The van der Waals surface area contributed by atoms with Gasteiger partial charge in [0, 0.05) is 0 Å². The van der Waals surface area contributed by atoms with Gasteiger partial charge in [-0.15, -0.1) is 0 Å². The topological polar surface area (TPSA) is 176 Å². The first-order chi connectivity index (χ1) is 25.7. The number of aliphatic hydroxyl groups excluding tert-OH is 1. The van der Waals surface area contributed by atoms with Gasteiger partial charge in [0.2, 0.25) is 0 Å². The summed E-state index contributed by atoms with van der Waals surface area (Å²) in [6.07, 6.45) is 0.768. The van der Waals surface area contributed by atoms with Crippen molar-refractivity contribution < 1.29 is 81.0 Å². The number of esters is 1. The zero-order valence-electron chi connectivity index (χ0n) is 32.0. The van der Waals surface area contributed by atoms with Gasteiger partial charge in [0.1, 0.15) is 6.61 Å². The molecule has 1 unspecified atom stereocenters. The van der Waals surface area contributed by atoms with Crippen molar-refractivity contribution in [3.05, 3.63) is 0 Å². The molecule has 312 valence electrons. The van der Waals surface area contributed by atoms with Gasteiger partial charge in [-0.2, -0.15) is 0 Å². The van der Waals surface area contributed by atoms with E-state index in [-0.39, 0.29) is 25.1 Å². The van der Waals surface area contributed by atoms with Crippen LogP contribution in [0.5, 0.6) is 0 Å². The van der Waals surface area contributed by atoms with Crippen LogP contribution in [0.25, 0.3) is 0 Å². The highest BCUT2D eigenvalue weighted by Crippen LogP contribution is 2.02. The lowest BCUT2D eigenvalue weighted by atomic mass is 10.1. The maximum atomic E-state index is 11.5. The van der Waals surface area contributed by atoms with Crippen LogP contribution in [0.4, 0.5) is 0 Å². The molecule has 0 bridgehead atoms. The van der Waals surface area contributed by atoms with Crippen LogP contribution in [0.2, 0.25) is 0 Å². The molecule has 1 atom stereocenters. The Morgan fingerprint density at radius 3 is 0.692 bits per heavy atom. The molecule has 0 fully saturated rings. The molecule has 17 heteroatoms. The van der Waals surface area contributed by atoms with E-state index >= 15 is 0 Å². The van der Waals surface area contributed by atoms with Gasteiger partial charge in [-0.1, -0.05) is 13.8 Å². The monoisotopic (exact) mass is 762 g/mol. The first kappa shape index (κ1) is 50.9. The van der Waals surface area contributed by atoms with Crippen molar-refractivity contribution in [3.63, 3.8) is 0 Å². The van der Waals surface area contributed by atoms with Crippen LogP contribution in [0.1, 0.15) is 20.3 Å². The maximum Gasteiger partial charge on any atom is 0.308 e. The molecule has 0 aliphatic rings. The molecule has 0 aromatic rings. The Kier molecular flexibility index (Phi) is 45.0. The SMILES string of the molecule is CCC(C)C(=O)OCCOCCOCCOCCOCCOCCOCCOCCOCCOCCOCCOCCOCCOCCOCCO. The lowest BCUT2D eigenvalue weighted by Gasteiger charge is -2.10. The Hall–Kier alpha value is -1.13. The first-order valence-corrected chi connectivity index (χ1v) is 18.6. The number of aliphatic hydroxyl groups is 1. The van der Waals surface area contributed by atoms with Crippen LogP contribution >= 0.6 is 0 Å². The molecule has 0 aliphatic heterocycles. The molecule has 0 spiro atoms. The summed E-state index contributed by atoms with van der Waals surface area (Å²) in [5.74, 6) is -0.265. The lowest BCUT2D eigenvalue weighted by Crippen LogP contribution is -2.18. The number of hydrogen-bond donors (Lipinski definition) is 1. The van der Waals surface area contributed by atoms with Crippen LogP contribution in [0.15, 0.2) is 0 Å². The van der Waals surface area contributed by atoms with E-state index in [2.05, 4.69) is 0 Å². The van der Waals surface area contributed by atoms with Crippen molar-refractivity contribution >= 4 is 5.97 Å². The number of hydrogen-bond acceptors (Lipinski definition) is 17. The van der Waals surface area contributed by atoms with Gasteiger partial charge in [-0.3, -0.25) is 4.79 Å². The molecule has 17 nitrogen and oxygen atoms in total. The molecular formula is C35H70O17. The van der Waals surface area contributed by atoms with Crippen molar-refractivity contribution in [2.75, 3.05) is 198 Å². The van der Waals surface area contributed by atoms with Crippen LogP contribution in [-0.4, -0.2) is 209 Å².